The van der Waals surface area contributed by atoms with Gasteiger partial charge >= 0.3 is 6.03 Å². The Kier molecular flexibility index (Phi) is 5.40. The van der Waals surface area contributed by atoms with E-state index in [9.17, 15) is 9.59 Å². The molecule has 0 aliphatic rings. The van der Waals surface area contributed by atoms with Crippen LogP contribution in [-0.2, 0) is 11.3 Å². The van der Waals surface area contributed by atoms with Crippen LogP contribution in [-0.4, -0.2) is 45.3 Å². The Morgan fingerprint density at radius 3 is 2.62 bits per heavy atom. The van der Waals surface area contributed by atoms with Gasteiger partial charge in [-0.1, -0.05) is 12.1 Å². The average Bonchev–Trinajstić information content (AvgIpc) is 2.81. The van der Waals surface area contributed by atoms with Crippen molar-refractivity contribution in [1.82, 2.24) is 20.2 Å². The number of aliphatic hydroxyl groups excluding tert-OH is 1. The maximum atomic E-state index is 12.2. The van der Waals surface area contributed by atoms with E-state index >= 15 is 0 Å². The van der Waals surface area contributed by atoms with Gasteiger partial charge in [0.15, 0.2) is 0 Å². The summed E-state index contributed by atoms with van der Waals surface area (Å²) in [6.45, 7) is 5.69. The van der Waals surface area contributed by atoms with Gasteiger partial charge in [0.2, 0.25) is 11.9 Å². The molecule has 0 spiro atoms. The lowest BCUT2D eigenvalue weighted by molar-refractivity contribution is -0.120. The summed E-state index contributed by atoms with van der Waals surface area (Å²) >= 11 is 0. The second kappa shape index (κ2) is 7.31. The van der Waals surface area contributed by atoms with Gasteiger partial charge < -0.3 is 20.3 Å². The zero-order valence-electron chi connectivity index (χ0n) is 14.1. The molecule has 24 heavy (non-hydrogen) atoms. The van der Waals surface area contributed by atoms with Gasteiger partial charge in [0.1, 0.15) is 6.54 Å². The van der Waals surface area contributed by atoms with E-state index in [1.54, 1.807) is 4.57 Å². The second-order valence-electron chi connectivity index (χ2n) is 6.41. The molecule has 3 amide bonds. The smallest absolute Gasteiger partial charge is 0.321 e. The number of nitrogens with one attached hydrogen (secondary N) is 3. The van der Waals surface area contributed by atoms with Gasteiger partial charge in [0, 0.05) is 12.1 Å². The number of fused-ring (bicyclic) bond motifs is 1. The lowest BCUT2D eigenvalue weighted by atomic mass is 10.1. The molecule has 0 saturated carbocycles. The number of aliphatic hydroxyl groups is 1. The van der Waals surface area contributed by atoms with E-state index in [-0.39, 0.29) is 13.2 Å². The Balaban J connectivity index is 2.15. The Hall–Kier alpha value is -2.61. The van der Waals surface area contributed by atoms with E-state index in [2.05, 4.69) is 20.9 Å². The summed E-state index contributed by atoms with van der Waals surface area (Å²) in [4.78, 5) is 28.4. The van der Waals surface area contributed by atoms with Gasteiger partial charge in [-0.2, -0.15) is 0 Å². The van der Waals surface area contributed by atoms with E-state index < -0.39 is 17.5 Å². The van der Waals surface area contributed by atoms with Crippen LogP contribution in [0.4, 0.5) is 10.7 Å². The standard InChI is InChI=1S/C16H23N5O3/c1-16(2,3)20-15(24)19-13(23)10-21-12-7-5-4-6-11(12)18-14(21)17-8-9-22/h4-7,22H,8-10H2,1-3H3,(H,17,18)(H2,19,20,23,24). The molecule has 0 radical (unpaired) electrons. The number of rotatable bonds is 5. The third kappa shape index (κ3) is 4.69. The molecule has 8 nitrogen and oxygen atoms in total. The Labute approximate surface area is 140 Å². The van der Waals surface area contributed by atoms with Crippen LogP contribution in [0.3, 0.4) is 0 Å². The van der Waals surface area contributed by atoms with Gasteiger partial charge in [-0.15, -0.1) is 0 Å². The minimum atomic E-state index is -0.540. The first-order valence-electron chi connectivity index (χ1n) is 7.72. The number of amides is 3. The summed E-state index contributed by atoms with van der Waals surface area (Å²) in [5.74, 6) is 0.0172. The van der Waals surface area contributed by atoms with Crippen molar-refractivity contribution in [2.45, 2.75) is 32.9 Å². The number of imide groups is 1. The van der Waals surface area contributed by atoms with Crippen LogP contribution in [0, 0.1) is 0 Å². The molecule has 1 aromatic heterocycles. The first-order valence-corrected chi connectivity index (χ1v) is 7.72. The van der Waals surface area contributed by atoms with Crippen LogP contribution in [0.1, 0.15) is 20.8 Å². The maximum Gasteiger partial charge on any atom is 0.321 e. The molecule has 1 heterocycles. The summed E-state index contributed by atoms with van der Waals surface area (Å²) in [6.07, 6.45) is 0. The molecule has 130 valence electrons. The summed E-state index contributed by atoms with van der Waals surface area (Å²) in [6, 6.07) is 6.84. The molecule has 0 bridgehead atoms. The highest BCUT2D eigenvalue weighted by atomic mass is 16.3. The average molecular weight is 333 g/mol. The Morgan fingerprint density at radius 1 is 1.25 bits per heavy atom. The lowest BCUT2D eigenvalue weighted by Crippen LogP contribution is -2.48. The van der Waals surface area contributed by atoms with E-state index in [0.29, 0.717) is 12.5 Å². The van der Waals surface area contributed by atoms with Crippen molar-refractivity contribution in [2.75, 3.05) is 18.5 Å². The van der Waals surface area contributed by atoms with E-state index in [1.165, 1.54) is 0 Å². The Bertz CT molecular complexity index is 733. The first kappa shape index (κ1) is 17.7. The zero-order chi connectivity index (χ0) is 17.7. The van der Waals surface area contributed by atoms with Gasteiger partial charge in [0.25, 0.3) is 0 Å². The number of carbonyl (C=O) groups excluding carboxylic acids is 2. The van der Waals surface area contributed by atoms with Gasteiger partial charge in [-0.3, -0.25) is 10.1 Å². The van der Waals surface area contributed by atoms with Crippen molar-refractivity contribution < 1.29 is 14.7 Å². The summed E-state index contributed by atoms with van der Waals surface area (Å²) < 4.78 is 1.67. The maximum absolute atomic E-state index is 12.2. The third-order valence-corrected chi connectivity index (χ3v) is 3.09. The monoisotopic (exact) mass is 333 g/mol. The van der Waals surface area contributed by atoms with Gasteiger partial charge in [-0.05, 0) is 32.9 Å². The molecular formula is C16H23N5O3. The van der Waals surface area contributed by atoms with Crippen LogP contribution >= 0.6 is 0 Å². The number of benzene rings is 1. The van der Waals surface area contributed by atoms with Crippen molar-refractivity contribution in [2.24, 2.45) is 0 Å². The molecule has 0 fully saturated rings. The lowest BCUT2D eigenvalue weighted by Gasteiger charge is -2.20. The molecule has 0 unspecified atom stereocenters. The number of hydrogen-bond acceptors (Lipinski definition) is 5. The number of anilines is 1. The summed E-state index contributed by atoms with van der Waals surface area (Å²) in [7, 11) is 0. The second-order valence-corrected chi connectivity index (χ2v) is 6.41. The van der Waals surface area contributed by atoms with Crippen LogP contribution in [0.2, 0.25) is 0 Å². The largest absolute Gasteiger partial charge is 0.395 e. The Morgan fingerprint density at radius 2 is 1.96 bits per heavy atom. The number of urea groups is 1. The fourth-order valence-corrected chi connectivity index (χ4v) is 2.22. The van der Waals surface area contributed by atoms with E-state index in [1.807, 2.05) is 45.0 Å². The molecule has 2 aromatic rings. The molecule has 2 rings (SSSR count). The van der Waals surface area contributed by atoms with Crippen LogP contribution in [0.5, 0.6) is 0 Å². The SMILES string of the molecule is CC(C)(C)NC(=O)NC(=O)Cn1c(NCCO)nc2ccccc21. The number of hydrogen-bond donors (Lipinski definition) is 4. The fraction of sp³-hybridized carbons (Fsp3) is 0.438. The van der Waals surface area contributed by atoms with Crippen molar-refractivity contribution >= 4 is 28.9 Å². The normalized spacial score (nSPS) is 11.3. The number of nitrogens with zero attached hydrogens (tertiary/aromatic N) is 2. The number of para-hydroxylation sites is 2. The van der Waals surface area contributed by atoms with Crippen LogP contribution in [0.25, 0.3) is 11.0 Å². The highest BCUT2D eigenvalue weighted by molar-refractivity contribution is 5.95. The van der Waals surface area contributed by atoms with Crippen LogP contribution in [0.15, 0.2) is 24.3 Å². The molecule has 0 aliphatic heterocycles. The van der Waals surface area contributed by atoms with Crippen molar-refractivity contribution in [3.63, 3.8) is 0 Å². The highest BCUT2D eigenvalue weighted by Gasteiger charge is 2.18. The van der Waals surface area contributed by atoms with Crippen molar-refractivity contribution in [1.29, 1.82) is 0 Å². The molecule has 1 aromatic carbocycles. The number of imidazole rings is 1. The molecule has 0 aliphatic carbocycles. The number of aromatic nitrogens is 2. The predicted octanol–water partition coefficient (Wildman–Crippen LogP) is 1.06. The van der Waals surface area contributed by atoms with Crippen molar-refractivity contribution in [3.05, 3.63) is 24.3 Å². The van der Waals surface area contributed by atoms with Gasteiger partial charge in [-0.25, -0.2) is 9.78 Å². The minimum absolute atomic E-state index is 0.0522. The number of carbonyl (C=O) groups is 2. The molecule has 0 atom stereocenters. The van der Waals surface area contributed by atoms with E-state index in [4.69, 9.17) is 5.11 Å². The third-order valence-electron chi connectivity index (χ3n) is 3.09. The van der Waals surface area contributed by atoms with Crippen LogP contribution < -0.4 is 16.0 Å². The first-order chi connectivity index (χ1) is 11.3. The topological polar surface area (TPSA) is 108 Å². The zero-order valence-corrected chi connectivity index (χ0v) is 14.1. The summed E-state index contributed by atoms with van der Waals surface area (Å²) in [5, 5.41) is 16.9. The highest BCUT2D eigenvalue weighted by Crippen LogP contribution is 2.19. The molecule has 8 heteroatoms. The van der Waals surface area contributed by atoms with Crippen molar-refractivity contribution in [3.8, 4) is 0 Å². The predicted molar refractivity (Wildman–Crippen MR) is 91.7 cm³/mol. The quantitative estimate of drug-likeness (QED) is 0.654. The molecular weight excluding hydrogens is 310 g/mol. The van der Waals surface area contributed by atoms with E-state index in [0.717, 1.165) is 11.0 Å². The fourth-order valence-electron chi connectivity index (χ4n) is 2.22. The van der Waals surface area contributed by atoms with Gasteiger partial charge in [0.05, 0.1) is 17.6 Å². The minimum Gasteiger partial charge on any atom is -0.395 e. The molecule has 4 N–H and O–H groups in total. The molecule has 0 saturated heterocycles. The summed E-state index contributed by atoms with van der Waals surface area (Å²) in [5.41, 5.74) is 1.06.